The van der Waals surface area contributed by atoms with E-state index in [1.807, 2.05) is 12.1 Å². The Labute approximate surface area is 142 Å². The number of nitrogens with zero attached hydrogens (tertiary/aromatic N) is 1. The molecule has 1 aromatic carbocycles. The first-order valence-electron chi connectivity index (χ1n) is 8.17. The Bertz CT molecular complexity index is 636. The molecule has 0 aliphatic rings. The van der Waals surface area contributed by atoms with Crippen molar-refractivity contribution in [3.05, 3.63) is 45.9 Å². The minimum Gasteiger partial charge on any atom is -0.322 e. The second kappa shape index (κ2) is 8.22. The fourth-order valence-electron chi connectivity index (χ4n) is 2.32. The predicted molar refractivity (Wildman–Crippen MR) is 97.1 cm³/mol. The molecule has 5 heteroatoms. The fraction of sp³-hybridized carbons (Fsp3) is 0.444. The van der Waals surface area contributed by atoms with E-state index in [0.29, 0.717) is 11.6 Å². The quantitative estimate of drug-likeness (QED) is 0.772. The van der Waals surface area contributed by atoms with Crippen molar-refractivity contribution in [2.45, 2.75) is 52.0 Å². The van der Waals surface area contributed by atoms with Crippen molar-refractivity contribution in [3.63, 3.8) is 0 Å². The smallest absolute Gasteiger partial charge is 0.275 e. The molecule has 0 aliphatic carbocycles. The summed E-state index contributed by atoms with van der Waals surface area (Å²) in [5.41, 5.74) is 8.55. The van der Waals surface area contributed by atoms with Crippen LogP contribution < -0.4 is 11.1 Å². The number of aromatic nitrogens is 1. The molecule has 3 N–H and O–H groups in total. The van der Waals surface area contributed by atoms with Crippen LogP contribution in [0.4, 0.5) is 5.69 Å². The van der Waals surface area contributed by atoms with Gasteiger partial charge in [0.25, 0.3) is 5.91 Å². The number of hydrogen-bond donors (Lipinski definition) is 2. The van der Waals surface area contributed by atoms with Crippen LogP contribution in [0.3, 0.4) is 0 Å². The van der Waals surface area contributed by atoms with Crippen LogP contribution in [0.5, 0.6) is 0 Å². The lowest BCUT2D eigenvalue weighted by atomic mass is 9.99. The summed E-state index contributed by atoms with van der Waals surface area (Å²) in [7, 11) is 0. The van der Waals surface area contributed by atoms with Gasteiger partial charge in [0, 0.05) is 11.1 Å². The van der Waals surface area contributed by atoms with E-state index in [-0.39, 0.29) is 11.9 Å². The molecule has 0 radical (unpaired) electrons. The number of nitrogens with two attached hydrogens (primary N) is 1. The highest BCUT2D eigenvalue weighted by atomic mass is 32.1. The molecule has 1 aromatic heterocycles. The molecule has 2 atom stereocenters. The van der Waals surface area contributed by atoms with Gasteiger partial charge in [0.15, 0.2) is 0 Å². The van der Waals surface area contributed by atoms with E-state index in [4.69, 9.17) is 5.73 Å². The molecule has 2 unspecified atom stereocenters. The maximum Gasteiger partial charge on any atom is 0.275 e. The number of hydrogen-bond acceptors (Lipinski definition) is 4. The minimum atomic E-state index is -0.188. The Morgan fingerprint density at radius 1 is 1.30 bits per heavy atom. The van der Waals surface area contributed by atoms with Gasteiger partial charge in [-0.2, -0.15) is 0 Å². The molecule has 0 aliphatic heterocycles. The summed E-state index contributed by atoms with van der Waals surface area (Å²) in [5.74, 6) is 0.341. The van der Waals surface area contributed by atoms with Crippen molar-refractivity contribution < 1.29 is 4.79 Å². The molecule has 0 bridgehead atoms. The Kier molecular flexibility index (Phi) is 6.30. The Morgan fingerprint density at radius 3 is 2.61 bits per heavy atom. The predicted octanol–water partition coefficient (Wildman–Crippen LogP) is 4.71. The molecule has 0 fully saturated rings. The Hall–Kier alpha value is -1.72. The highest BCUT2D eigenvalue weighted by Crippen LogP contribution is 2.22. The maximum absolute atomic E-state index is 12.3. The number of benzene rings is 1. The van der Waals surface area contributed by atoms with Crippen LogP contribution in [0, 0.1) is 0 Å². The zero-order valence-corrected chi connectivity index (χ0v) is 14.8. The number of rotatable bonds is 7. The lowest BCUT2D eigenvalue weighted by molar-refractivity contribution is 0.102. The molecule has 0 saturated heterocycles. The number of amides is 1. The minimum absolute atomic E-state index is 0.0821. The summed E-state index contributed by atoms with van der Waals surface area (Å²) in [6, 6.07) is 7.92. The highest BCUT2D eigenvalue weighted by molar-refractivity contribution is 7.09. The summed E-state index contributed by atoms with van der Waals surface area (Å²) >= 11 is 1.45. The monoisotopic (exact) mass is 331 g/mol. The molecule has 23 heavy (non-hydrogen) atoms. The van der Waals surface area contributed by atoms with Gasteiger partial charge >= 0.3 is 0 Å². The normalized spacial score (nSPS) is 13.6. The van der Waals surface area contributed by atoms with Crippen molar-refractivity contribution in [1.82, 2.24) is 4.98 Å². The molecule has 2 rings (SSSR count). The summed E-state index contributed by atoms with van der Waals surface area (Å²) in [6.07, 6.45) is 2.99. The number of carbonyl (C=O) groups excluding carboxylic acids is 1. The number of nitrogens with one attached hydrogen (secondary N) is 1. The third-order valence-electron chi connectivity index (χ3n) is 4.02. The van der Waals surface area contributed by atoms with Crippen LogP contribution >= 0.6 is 11.3 Å². The standard InChI is InChI=1S/C18H25N3OS/c1-4-6-15(19)18-21-16(11-23-18)17(22)20-14-9-7-13(8-10-14)12(3)5-2/h7-12,15H,4-6,19H2,1-3H3,(H,20,22). The van der Waals surface area contributed by atoms with Crippen molar-refractivity contribution >= 4 is 22.9 Å². The van der Waals surface area contributed by atoms with Crippen LogP contribution in [0.1, 0.15) is 73.1 Å². The molecule has 0 spiro atoms. The first kappa shape index (κ1) is 17.6. The van der Waals surface area contributed by atoms with Crippen LogP contribution in [0.2, 0.25) is 0 Å². The summed E-state index contributed by atoms with van der Waals surface area (Å²) in [4.78, 5) is 16.6. The molecule has 1 heterocycles. The van der Waals surface area contributed by atoms with Crippen LogP contribution in [0.15, 0.2) is 29.6 Å². The topological polar surface area (TPSA) is 68.0 Å². The lowest BCUT2D eigenvalue weighted by Crippen LogP contribution is -2.14. The summed E-state index contributed by atoms with van der Waals surface area (Å²) in [6.45, 7) is 6.46. The van der Waals surface area contributed by atoms with Gasteiger partial charge in [-0.05, 0) is 36.5 Å². The van der Waals surface area contributed by atoms with Gasteiger partial charge in [-0.3, -0.25) is 4.79 Å². The maximum atomic E-state index is 12.3. The number of thiazole rings is 1. The van der Waals surface area contributed by atoms with Gasteiger partial charge < -0.3 is 11.1 Å². The van der Waals surface area contributed by atoms with E-state index in [0.717, 1.165) is 30.0 Å². The van der Waals surface area contributed by atoms with Gasteiger partial charge in [0.2, 0.25) is 0 Å². The third-order valence-corrected chi connectivity index (χ3v) is 5.00. The summed E-state index contributed by atoms with van der Waals surface area (Å²) < 4.78 is 0. The first-order chi connectivity index (χ1) is 11.0. The first-order valence-corrected chi connectivity index (χ1v) is 9.05. The van der Waals surface area contributed by atoms with Gasteiger partial charge in [-0.25, -0.2) is 4.98 Å². The van der Waals surface area contributed by atoms with E-state index in [1.54, 1.807) is 5.38 Å². The van der Waals surface area contributed by atoms with E-state index in [1.165, 1.54) is 16.9 Å². The van der Waals surface area contributed by atoms with Crippen LogP contribution in [-0.4, -0.2) is 10.9 Å². The SMILES string of the molecule is CCCC(N)c1nc(C(=O)Nc2ccc(C(C)CC)cc2)cs1. The third kappa shape index (κ3) is 4.62. The van der Waals surface area contributed by atoms with E-state index in [9.17, 15) is 4.79 Å². The molecule has 124 valence electrons. The van der Waals surface area contributed by atoms with Crippen molar-refractivity contribution in [2.75, 3.05) is 5.32 Å². The average Bonchev–Trinajstić information content (AvgIpc) is 3.05. The lowest BCUT2D eigenvalue weighted by Gasteiger charge is -2.10. The zero-order valence-electron chi connectivity index (χ0n) is 14.0. The fourth-order valence-corrected chi connectivity index (χ4v) is 3.16. The van der Waals surface area contributed by atoms with E-state index >= 15 is 0 Å². The van der Waals surface area contributed by atoms with E-state index in [2.05, 4.69) is 43.2 Å². The van der Waals surface area contributed by atoms with Gasteiger partial charge in [-0.15, -0.1) is 11.3 Å². The largest absolute Gasteiger partial charge is 0.322 e. The van der Waals surface area contributed by atoms with Crippen LogP contribution in [0.25, 0.3) is 0 Å². The number of carbonyl (C=O) groups is 1. The molecule has 4 nitrogen and oxygen atoms in total. The van der Waals surface area contributed by atoms with Gasteiger partial charge in [-0.1, -0.05) is 39.3 Å². The van der Waals surface area contributed by atoms with E-state index < -0.39 is 0 Å². The molecular weight excluding hydrogens is 306 g/mol. The second-order valence-electron chi connectivity index (χ2n) is 5.85. The van der Waals surface area contributed by atoms with Crippen molar-refractivity contribution in [3.8, 4) is 0 Å². The zero-order chi connectivity index (χ0) is 16.8. The average molecular weight is 331 g/mol. The van der Waals surface area contributed by atoms with Crippen molar-refractivity contribution in [1.29, 1.82) is 0 Å². The molecule has 0 saturated carbocycles. The molecule has 2 aromatic rings. The molecule has 1 amide bonds. The summed E-state index contributed by atoms with van der Waals surface area (Å²) in [5, 5.41) is 5.49. The Balaban J connectivity index is 2.01. The Morgan fingerprint density at radius 2 is 2.00 bits per heavy atom. The van der Waals surface area contributed by atoms with Gasteiger partial charge in [0.1, 0.15) is 10.7 Å². The van der Waals surface area contributed by atoms with Crippen LogP contribution in [-0.2, 0) is 0 Å². The second-order valence-corrected chi connectivity index (χ2v) is 6.74. The number of anilines is 1. The van der Waals surface area contributed by atoms with Gasteiger partial charge in [0.05, 0.1) is 6.04 Å². The van der Waals surface area contributed by atoms with Crippen molar-refractivity contribution in [2.24, 2.45) is 5.73 Å². The highest BCUT2D eigenvalue weighted by Gasteiger charge is 2.15. The molecular formula is C18H25N3OS.